The smallest absolute Gasteiger partial charge is 0.120 e. The molecule has 1 aliphatic rings. The summed E-state index contributed by atoms with van der Waals surface area (Å²) in [4.78, 5) is 2.55. The topological polar surface area (TPSA) is 35.5 Å². The van der Waals surface area contributed by atoms with E-state index in [1.165, 1.54) is 0 Å². The number of aromatic hydroxyl groups is 1. The average molecular weight is 248 g/mol. The van der Waals surface area contributed by atoms with Gasteiger partial charge in [-0.15, -0.1) is 0 Å². The summed E-state index contributed by atoms with van der Waals surface area (Å²) >= 11 is 0. The Balaban J connectivity index is 2.21. The van der Waals surface area contributed by atoms with Crippen molar-refractivity contribution < 1.29 is 5.11 Å². The molecule has 1 saturated heterocycles. The Hall–Kier alpha value is -1.06. The molecule has 2 N–H and O–H groups in total. The highest BCUT2D eigenvalue weighted by atomic mass is 16.3. The Morgan fingerprint density at radius 3 is 2.56 bits per heavy atom. The Morgan fingerprint density at radius 1 is 1.33 bits per heavy atom. The second kappa shape index (κ2) is 6.21. The lowest BCUT2D eigenvalue weighted by atomic mass is 9.97. The van der Waals surface area contributed by atoms with Crippen LogP contribution in [0.25, 0.3) is 0 Å². The average Bonchev–Trinajstić information content (AvgIpc) is 2.30. The van der Waals surface area contributed by atoms with Gasteiger partial charge in [0.25, 0.3) is 0 Å². The monoisotopic (exact) mass is 248 g/mol. The number of benzene rings is 1. The van der Waals surface area contributed by atoms with Gasteiger partial charge < -0.3 is 10.4 Å². The maximum Gasteiger partial charge on any atom is 0.120 e. The first kappa shape index (κ1) is 13.4. The van der Waals surface area contributed by atoms with Gasteiger partial charge in [0.1, 0.15) is 5.75 Å². The standard InChI is InChI=1S/C15H24N2O/c1-3-9-17(12-10-16-11-12)14(4-2)13-7-5-6-8-15(13)18/h5-8,12,14,16,18H,3-4,9-11H2,1-2H3. The predicted octanol–water partition coefficient (Wildman–Crippen LogP) is 2.53. The molecule has 1 aromatic rings. The van der Waals surface area contributed by atoms with Crippen LogP contribution in [-0.2, 0) is 0 Å². The molecule has 1 fully saturated rings. The third-order valence-corrected chi connectivity index (χ3v) is 3.79. The van der Waals surface area contributed by atoms with Crippen molar-refractivity contribution in [3.05, 3.63) is 29.8 Å². The maximum absolute atomic E-state index is 10.1. The molecule has 0 bridgehead atoms. The summed E-state index contributed by atoms with van der Waals surface area (Å²) in [7, 11) is 0. The van der Waals surface area contributed by atoms with Crippen molar-refractivity contribution in [2.45, 2.75) is 38.8 Å². The first-order valence-corrected chi connectivity index (χ1v) is 7.02. The number of phenolic OH excluding ortho intramolecular Hbond substituents is 1. The van der Waals surface area contributed by atoms with E-state index in [4.69, 9.17) is 0 Å². The normalized spacial score (nSPS) is 17.7. The van der Waals surface area contributed by atoms with Gasteiger partial charge in [-0.1, -0.05) is 32.0 Å². The summed E-state index contributed by atoms with van der Waals surface area (Å²) in [6, 6.07) is 8.70. The largest absolute Gasteiger partial charge is 0.508 e. The Labute approximate surface area is 110 Å². The van der Waals surface area contributed by atoms with E-state index in [0.29, 0.717) is 17.8 Å². The highest BCUT2D eigenvalue weighted by molar-refractivity contribution is 5.34. The quantitative estimate of drug-likeness (QED) is 0.812. The lowest BCUT2D eigenvalue weighted by Crippen LogP contribution is -2.58. The molecule has 2 rings (SSSR count). The summed E-state index contributed by atoms with van der Waals surface area (Å²) in [5.41, 5.74) is 1.07. The van der Waals surface area contributed by atoms with E-state index < -0.39 is 0 Å². The molecule has 0 radical (unpaired) electrons. The molecule has 3 heteroatoms. The van der Waals surface area contributed by atoms with Gasteiger partial charge in [0.2, 0.25) is 0 Å². The van der Waals surface area contributed by atoms with Gasteiger partial charge in [0.15, 0.2) is 0 Å². The van der Waals surface area contributed by atoms with Crippen LogP contribution in [0.1, 0.15) is 38.3 Å². The summed E-state index contributed by atoms with van der Waals surface area (Å²) in [6.45, 7) is 7.66. The molecular formula is C15H24N2O. The highest BCUT2D eigenvalue weighted by Crippen LogP contribution is 2.32. The van der Waals surface area contributed by atoms with Crippen LogP contribution in [0.15, 0.2) is 24.3 Å². The van der Waals surface area contributed by atoms with Crippen LogP contribution in [0.2, 0.25) is 0 Å². The molecule has 3 nitrogen and oxygen atoms in total. The van der Waals surface area contributed by atoms with E-state index in [2.05, 4.69) is 30.1 Å². The molecular weight excluding hydrogens is 224 g/mol. The minimum absolute atomic E-state index is 0.332. The van der Waals surface area contributed by atoms with E-state index >= 15 is 0 Å². The van der Waals surface area contributed by atoms with Gasteiger partial charge in [-0.3, -0.25) is 4.90 Å². The van der Waals surface area contributed by atoms with Gasteiger partial charge >= 0.3 is 0 Å². The number of para-hydroxylation sites is 1. The van der Waals surface area contributed by atoms with Crippen molar-refractivity contribution in [1.82, 2.24) is 10.2 Å². The molecule has 100 valence electrons. The highest BCUT2D eigenvalue weighted by Gasteiger charge is 2.30. The van der Waals surface area contributed by atoms with Crippen molar-refractivity contribution in [3.8, 4) is 5.75 Å². The third-order valence-electron chi connectivity index (χ3n) is 3.79. The third kappa shape index (κ3) is 2.68. The van der Waals surface area contributed by atoms with Crippen LogP contribution < -0.4 is 5.32 Å². The molecule has 0 aromatic heterocycles. The van der Waals surface area contributed by atoms with Gasteiger partial charge in [-0.25, -0.2) is 0 Å². The molecule has 1 aliphatic heterocycles. The summed E-state index contributed by atoms with van der Waals surface area (Å²) in [6.07, 6.45) is 2.19. The molecule has 0 aliphatic carbocycles. The van der Waals surface area contributed by atoms with Gasteiger partial charge in [0, 0.05) is 30.7 Å². The van der Waals surface area contributed by atoms with Gasteiger partial charge in [0.05, 0.1) is 0 Å². The Morgan fingerprint density at radius 2 is 2.06 bits per heavy atom. The lowest BCUT2D eigenvalue weighted by molar-refractivity contribution is 0.0902. The molecule has 1 unspecified atom stereocenters. The molecule has 1 atom stereocenters. The van der Waals surface area contributed by atoms with Crippen LogP contribution in [0.3, 0.4) is 0 Å². The van der Waals surface area contributed by atoms with E-state index in [9.17, 15) is 5.11 Å². The fraction of sp³-hybridized carbons (Fsp3) is 0.600. The second-order valence-corrected chi connectivity index (χ2v) is 5.03. The van der Waals surface area contributed by atoms with Crippen molar-refractivity contribution in [2.75, 3.05) is 19.6 Å². The maximum atomic E-state index is 10.1. The number of phenols is 1. The molecule has 0 amide bonds. The van der Waals surface area contributed by atoms with E-state index in [1.807, 2.05) is 12.1 Å². The van der Waals surface area contributed by atoms with Crippen LogP contribution >= 0.6 is 0 Å². The van der Waals surface area contributed by atoms with Crippen LogP contribution in [0.5, 0.6) is 5.75 Å². The van der Waals surface area contributed by atoms with E-state index in [0.717, 1.165) is 38.0 Å². The van der Waals surface area contributed by atoms with Crippen LogP contribution in [-0.4, -0.2) is 35.7 Å². The first-order valence-electron chi connectivity index (χ1n) is 7.02. The second-order valence-electron chi connectivity index (χ2n) is 5.03. The summed E-state index contributed by atoms with van der Waals surface area (Å²) in [5.74, 6) is 0.428. The zero-order valence-electron chi connectivity index (χ0n) is 11.4. The van der Waals surface area contributed by atoms with Crippen molar-refractivity contribution in [1.29, 1.82) is 0 Å². The summed E-state index contributed by atoms with van der Waals surface area (Å²) < 4.78 is 0. The van der Waals surface area contributed by atoms with Gasteiger partial charge in [-0.2, -0.15) is 0 Å². The zero-order valence-corrected chi connectivity index (χ0v) is 11.4. The molecule has 0 spiro atoms. The molecule has 1 aromatic carbocycles. The number of nitrogens with one attached hydrogen (secondary N) is 1. The minimum atomic E-state index is 0.332. The van der Waals surface area contributed by atoms with E-state index in [1.54, 1.807) is 6.07 Å². The first-order chi connectivity index (χ1) is 8.77. The van der Waals surface area contributed by atoms with Crippen LogP contribution in [0, 0.1) is 0 Å². The Kier molecular flexibility index (Phi) is 4.61. The fourth-order valence-corrected chi connectivity index (χ4v) is 2.76. The van der Waals surface area contributed by atoms with E-state index in [-0.39, 0.29) is 0 Å². The SMILES string of the molecule is CCCN(C1CNC1)C(CC)c1ccccc1O. The number of nitrogens with zero attached hydrogens (tertiary/aromatic N) is 1. The number of hydrogen-bond acceptors (Lipinski definition) is 3. The summed E-state index contributed by atoms with van der Waals surface area (Å²) in [5, 5.41) is 13.4. The van der Waals surface area contributed by atoms with Crippen molar-refractivity contribution in [2.24, 2.45) is 0 Å². The fourth-order valence-electron chi connectivity index (χ4n) is 2.76. The van der Waals surface area contributed by atoms with Gasteiger partial charge in [-0.05, 0) is 25.5 Å². The predicted molar refractivity (Wildman–Crippen MR) is 74.8 cm³/mol. The number of hydrogen-bond donors (Lipinski definition) is 2. The van der Waals surface area contributed by atoms with Crippen molar-refractivity contribution in [3.63, 3.8) is 0 Å². The molecule has 1 heterocycles. The minimum Gasteiger partial charge on any atom is -0.508 e. The van der Waals surface area contributed by atoms with Crippen molar-refractivity contribution >= 4 is 0 Å². The zero-order chi connectivity index (χ0) is 13.0. The lowest BCUT2D eigenvalue weighted by Gasteiger charge is -2.43. The van der Waals surface area contributed by atoms with Crippen LogP contribution in [0.4, 0.5) is 0 Å². The molecule has 18 heavy (non-hydrogen) atoms. The Bertz CT molecular complexity index is 377. The number of rotatable bonds is 6. The molecule has 0 saturated carbocycles.